The van der Waals surface area contributed by atoms with E-state index < -0.39 is 0 Å². The molecule has 82 valence electrons. The second-order valence-electron chi connectivity index (χ2n) is 3.47. The van der Waals surface area contributed by atoms with Crippen LogP contribution in [0.4, 0.5) is 16.4 Å². The van der Waals surface area contributed by atoms with Crippen LogP contribution >= 0.6 is 11.3 Å². The Hall–Kier alpha value is -1.81. The van der Waals surface area contributed by atoms with Gasteiger partial charge in [-0.05, 0) is 25.1 Å². The number of aryl methyl sites for hydroxylation is 1. The minimum absolute atomic E-state index is 0.672. The largest absolute Gasteiger partial charge is 0.397 e. The van der Waals surface area contributed by atoms with Crippen molar-refractivity contribution < 1.29 is 4.79 Å². The summed E-state index contributed by atoms with van der Waals surface area (Å²) < 4.78 is 0. The van der Waals surface area contributed by atoms with Gasteiger partial charge in [-0.1, -0.05) is 12.1 Å². The Bertz CT molecular complexity index is 519. The highest BCUT2D eigenvalue weighted by atomic mass is 32.1. The predicted octanol–water partition coefficient (Wildman–Crippen LogP) is 3.19. The summed E-state index contributed by atoms with van der Waals surface area (Å²) in [7, 11) is 0. The Morgan fingerprint density at radius 3 is 2.81 bits per heavy atom. The van der Waals surface area contributed by atoms with Crippen LogP contribution in [0.25, 0.3) is 0 Å². The highest BCUT2D eigenvalue weighted by Crippen LogP contribution is 2.31. The van der Waals surface area contributed by atoms with Crippen molar-refractivity contribution in [2.75, 3.05) is 11.1 Å². The van der Waals surface area contributed by atoms with Crippen LogP contribution < -0.4 is 11.1 Å². The van der Waals surface area contributed by atoms with E-state index in [4.69, 9.17) is 5.73 Å². The Kier molecular flexibility index (Phi) is 2.92. The number of carbonyl (C=O) groups excluding carboxylic acids is 1. The summed E-state index contributed by atoms with van der Waals surface area (Å²) in [6.45, 7) is 1.97. The molecule has 0 aliphatic rings. The van der Waals surface area contributed by atoms with E-state index in [1.54, 1.807) is 11.3 Å². The van der Waals surface area contributed by atoms with Gasteiger partial charge in [0.05, 0.1) is 11.4 Å². The molecule has 0 fully saturated rings. The minimum atomic E-state index is 0.672. The molecule has 16 heavy (non-hydrogen) atoms. The van der Waals surface area contributed by atoms with E-state index in [1.165, 1.54) is 0 Å². The molecule has 3 N–H and O–H groups in total. The summed E-state index contributed by atoms with van der Waals surface area (Å²) >= 11 is 1.54. The first-order valence-electron chi connectivity index (χ1n) is 4.88. The van der Waals surface area contributed by atoms with Crippen LogP contribution in [-0.4, -0.2) is 6.29 Å². The quantitative estimate of drug-likeness (QED) is 0.631. The molecule has 2 rings (SSSR count). The number of para-hydroxylation sites is 2. The van der Waals surface area contributed by atoms with E-state index >= 15 is 0 Å². The van der Waals surface area contributed by atoms with Crippen molar-refractivity contribution >= 4 is 34.0 Å². The van der Waals surface area contributed by atoms with E-state index in [2.05, 4.69) is 5.32 Å². The molecule has 0 bridgehead atoms. The molecule has 1 aromatic heterocycles. The molecule has 4 heteroatoms. The molecule has 0 aliphatic carbocycles. The van der Waals surface area contributed by atoms with E-state index in [0.717, 1.165) is 21.9 Å². The van der Waals surface area contributed by atoms with Gasteiger partial charge in [0.25, 0.3) is 0 Å². The van der Waals surface area contributed by atoms with Crippen molar-refractivity contribution in [2.24, 2.45) is 0 Å². The van der Waals surface area contributed by atoms with Gasteiger partial charge in [-0.2, -0.15) is 0 Å². The lowest BCUT2D eigenvalue weighted by Gasteiger charge is -2.07. The summed E-state index contributed by atoms with van der Waals surface area (Å²) in [5.74, 6) is 0. The highest BCUT2D eigenvalue weighted by Gasteiger charge is 2.07. The number of benzene rings is 1. The number of nitrogens with two attached hydrogens (primary N) is 1. The Labute approximate surface area is 97.9 Å². The van der Waals surface area contributed by atoms with Crippen LogP contribution in [0.2, 0.25) is 0 Å². The van der Waals surface area contributed by atoms with E-state index in [9.17, 15) is 4.79 Å². The maximum Gasteiger partial charge on any atom is 0.153 e. The monoisotopic (exact) mass is 232 g/mol. The normalized spacial score (nSPS) is 10.1. The maximum absolute atomic E-state index is 10.9. The first-order valence-corrected chi connectivity index (χ1v) is 5.69. The molecule has 0 atom stereocenters. The second-order valence-corrected chi connectivity index (χ2v) is 4.73. The summed E-state index contributed by atoms with van der Waals surface area (Å²) in [5.41, 5.74) is 7.99. The Morgan fingerprint density at radius 2 is 2.12 bits per heavy atom. The SMILES string of the molecule is Cc1cc(C=O)c(Nc2ccccc2N)s1. The zero-order valence-corrected chi connectivity index (χ0v) is 9.67. The molecular formula is C12H12N2OS. The van der Waals surface area contributed by atoms with Gasteiger partial charge >= 0.3 is 0 Å². The van der Waals surface area contributed by atoms with Gasteiger partial charge in [0.1, 0.15) is 5.00 Å². The topological polar surface area (TPSA) is 55.1 Å². The average Bonchev–Trinajstić information content (AvgIpc) is 2.62. The summed E-state index contributed by atoms with van der Waals surface area (Å²) in [5, 5.41) is 4.01. The number of rotatable bonds is 3. The number of nitrogen functional groups attached to an aromatic ring is 1. The van der Waals surface area contributed by atoms with Crippen molar-refractivity contribution in [1.29, 1.82) is 0 Å². The molecule has 1 heterocycles. The molecule has 0 saturated heterocycles. The number of aldehydes is 1. The number of thiophene rings is 1. The first-order chi connectivity index (χ1) is 7.70. The standard InChI is InChI=1S/C12H12N2OS/c1-8-6-9(7-15)12(16-8)14-11-5-3-2-4-10(11)13/h2-7,14H,13H2,1H3. The number of anilines is 3. The first kappa shape index (κ1) is 10.7. The van der Waals surface area contributed by atoms with Crippen LogP contribution in [0.15, 0.2) is 30.3 Å². The van der Waals surface area contributed by atoms with Crippen LogP contribution in [0.3, 0.4) is 0 Å². The molecule has 0 amide bonds. The fourth-order valence-electron chi connectivity index (χ4n) is 1.45. The summed E-state index contributed by atoms with van der Waals surface area (Å²) in [6.07, 6.45) is 0.852. The van der Waals surface area contributed by atoms with Gasteiger partial charge in [-0.3, -0.25) is 4.79 Å². The van der Waals surface area contributed by atoms with Gasteiger partial charge in [-0.15, -0.1) is 11.3 Å². The minimum Gasteiger partial charge on any atom is -0.397 e. The van der Waals surface area contributed by atoms with Crippen molar-refractivity contribution in [1.82, 2.24) is 0 Å². The molecule has 2 aromatic rings. The number of hydrogen-bond acceptors (Lipinski definition) is 4. The van der Waals surface area contributed by atoms with Gasteiger partial charge in [0, 0.05) is 10.4 Å². The third kappa shape index (κ3) is 2.06. The van der Waals surface area contributed by atoms with Gasteiger partial charge < -0.3 is 11.1 Å². The fourth-order valence-corrected chi connectivity index (χ4v) is 2.35. The average molecular weight is 232 g/mol. The van der Waals surface area contributed by atoms with Gasteiger partial charge in [-0.25, -0.2) is 0 Å². The fraction of sp³-hybridized carbons (Fsp3) is 0.0833. The lowest BCUT2D eigenvalue weighted by molar-refractivity contribution is 0.112. The van der Waals surface area contributed by atoms with Crippen molar-refractivity contribution in [3.63, 3.8) is 0 Å². The smallest absolute Gasteiger partial charge is 0.153 e. The van der Waals surface area contributed by atoms with Crippen LogP contribution in [-0.2, 0) is 0 Å². The molecular weight excluding hydrogens is 220 g/mol. The third-order valence-electron chi connectivity index (χ3n) is 2.22. The Morgan fingerprint density at radius 1 is 1.38 bits per heavy atom. The van der Waals surface area contributed by atoms with Crippen molar-refractivity contribution in [3.8, 4) is 0 Å². The van der Waals surface area contributed by atoms with Gasteiger partial charge in [0.2, 0.25) is 0 Å². The van der Waals surface area contributed by atoms with Crippen LogP contribution in [0.5, 0.6) is 0 Å². The zero-order chi connectivity index (χ0) is 11.5. The number of nitrogens with one attached hydrogen (secondary N) is 1. The van der Waals surface area contributed by atoms with Crippen LogP contribution in [0, 0.1) is 6.92 Å². The molecule has 0 saturated carbocycles. The lowest BCUT2D eigenvalue weighted by atomic mass is 10.2. The molecule has 0 unspecified atom stereocenters. The molecule has 0 spiro atoms. The van der Waals surface area contributed by atoms with E-state index in [-0.39, 0.29) is 0 Å². The summed E-state index contributed by atoms with van der Waals surface area (Å²) in [4.78, 5) is 11.9. The van der Waals surface area contributed by atoms with Crippen molar-refractivity contribution in [2.45, 2.75) is 6.92 Å². The Balaban J connectivity index is 2.33. The van der Waals surface area contributed by atoms with Crippen LogP contribution in [0.1, 0.15) is 15.2 Å². The maximum atomic E-state index is 10.9. The molecule has 3 nitrogen and oxygen atoms in total. The van der Waals surface area contributed by atoms with Crippen molar-refractivity contribution in [3.05, 3.63) is 40.8 Å². The third-order valence-corrected chi connectivity index (χ3v) is 3.20. The zero-order valence-electron chi connectivity index (χ0n) is 8.86. The highest BCUT2D eigenvalue weighted by molar-refractivity contribution is 7.16. The lowest BCUT2D eigenvalue weighted by Crippen LogP contribution is -1.95. The predicted molar refractivity (Wildman–Crippen MR) is 68.6 cm³/mol. The van der Waals surface area contributed by atoms with E-state index in [1.807, 2.05) is 37.3 Å². The summed E-state index contributed by atoms with van der Waals surface area (Å²) in [6, 6.07) is 9.35. The van der Waals surface area contributed by atoms with Gasteiger partial charge in [0.15, 0.2) is 6.29 Å². The molecule has 1 aromatic carbocycles. The van der Waals surface area contributed by atoms with E-state index in [0.29, 0.717) is 11.3 Å². The number of carbonyl (C=O) groups is 1. The molecule has 0 aliphatic heterocycles. The second kappa shape index (κ2) is 4.37. The molecule has 0 radical (unpaired) electrons. The number of hydrogen-bond donors (Lipinski definition) is 2.